The van der Waals surface area contributed by atoms with E-state index in [1.165, 1.54) is 25.4 Å². The second-order valence-corrected chi connectivity index (χ2v) is 4.78. The molecule has 1 aromatic heterocycles. The highest BCUT2D eigenvalue weighted by Gasteiger charge is 2.27. The third-order valence-corrected chi connectivity index (χ3v) is 2.40. The van der Waals surface area contributed by atoms with Crippen molar-refractivity contribution in [1.82, 2.24) is 4.98 Å². The molecule has 162 valence electrons. The predicted octanol–water partition coefficient (Wildman–Crippen LogP) is 2.38. The van der Waals surface area contributed by atoms with Gasteiger partial charge in [-0.1, -0.05) is 0 Å². The van der Waals surface area contributed by atoms with Gasteiger partial charge >= 0.3 is 18.3 Å². The molecule has 0 amide bonds. The van der Waals surface area contributed by atoms with Crippen LogP contribution in [0, 0.1) is 0 Å². The highest BCUT2D eigenvalue weighted by Crippen LogP contribution is 2.15. The Kier molecular flexibility index (Phi) is 12.1. The van der Waals surface area contributed by atoms with Gasteiger partial charge in [-0.05, 0) is 6.07 Å². The van der Waals surface area contributed by atoms with E-state index in [2.05, 4.69) is 19.2 Å². The van der Waals surface area contributed by atoms with Crippen molar-refractivity contribution in [2.45, 2.75) is 12.4 Å². The fraction of sp³-hybridized carbons (Fsp3) is 0.600. The number of nitrogens with zero attached hydrogens (tertiary/aromatic N) is 1. The monoisotopic (exact) mass is 423 g/mol. The zero-order chi connectivity index (χ0) is 21.6. The fourth-order valence-electron chi connectivity index (χ4n) is 1.35. The largest absolute Gasteiger partial charge is 0.475 e. The summed E-state index contributed by atoms with van der Waals surface area (Å²) in [6.45, 7) is -3.52. The first kappa shape index (κ1) is 25.9. The maximum atomic E-state index is 11.7. The molecule has 0 aliphatic heterocycles. The number of methoxy groups -OCH3 is 1. The lowest BCUT2D eigenvalue weighted by atomic mass is 10.3. The molecule has 1 heterocycles. The topological polar surface area (TPSA) is 87.1 Å². The molecule has 0 aromatic carbocycles. The van der Waals surface area contributed by atoms with Gasteiger partial charge in [0.1, 0.15) is 19.8 Å². The molecule has 1 N–H and O–H groups in total. The zero-order valence-electron chi connectivity index (χ0n) is 14.7. The van der Waals surface area contributed by atoms with Crippen LogP contribution in [0.3, 0.4) is 0 Å². The molecular weight excluding hydrogens is 404 g/mol. The number of carbonyl (C=O) groups excluding carboxylic acids is 1. The Morgan fingerprint density at radius 2 is 1.57 bits per heavy atom. The van der Waals surface area contributed by atoms with E-state index in [-0.39, 0.29) is 37.9 Å². The average molecular weight is 423 g/mol. The summed E-state index contributed by atoms with van der Waals surface area (Å²) >= 11 is 0. The Labute approximate surface area is 156 Å². The smallest absolute Gasteiger partial charge is 0.411 e. The summed E-state index contributed by atoms with van der Waals surface area (Å²) in [5.41, 5.74) is 0.253. The van der Waals surface area contributed by atoms with Crippen LogP contribution in [0.2, 0.25) is 0 Å². The van der Waals surface area contributed by atoms with E-state index in [9.17, 15) is 31.1 Å². The van der Waals surface area contributed by atoms with Crippen LogP contribution in [0.25, 0.3) is 0 Å². The van der Waals surface area contributed by atoms with Crippen LogP contribution in [0.1, 0.15) is 10.4 Å². The van der Waals surface area contributed by atoms with Crippen molar-refractivity contribution in [2.24, 2.45) is 0 Å². The molecular formula is C15H19F6NO6. The third kappa shape index (κ3) is 15.0. The molecule has 0 aliphatic carbocycles. The molecule has 28 heavy (non-hydrogen) atoms. The number of pyridine rings is 1. The minimum atomic E-state index is -4.35. The van der Waals surface area contributed by atoms with E-state index in [1.54, 1.807) is 0 Å². The van der Waals surface area contributed by atoms with Crippen LogP contribution in [0.5, 0.6) is 5.88 Å². The van der Waals surface area contributed by atoms with Gasteiger partial charge in [0.25, 0.3) is 0 Å². The number of hydrogen-bond donors (Lipinski definition) is 1. The molecule has 0 unspecified atom stereocenters. The molecule has 0 bridgehead atoms. The first-order valence-corrected chi connectivity index (χ1v) is 7.55. The third-order valence-electron chi connectivity index (χ3n) is 2.40. The second kappa shape index (κ2) is 13.1. The summed E-state index contributed by atoms with van der Waals surface area (Å²) in [5.74, 6) is -0.351. The number of hydrogen-bond acceptors (Lipinski definition) is 7. The van der Waals surface area contributed by atoms with E-state index in [4.69, 9.17) is 9.84 Å². The molecule has 1 rings (SSSR count). The Morgan fingerprint density at radius 3 is 2.00 bits per heavy atom. The predicted molar refractivity (Wildman–Crippen MR) is 81.9 cm³/mol. The van der Waals surface area contributed by atoms with Gasteiger partial charge in [-0.3, -0.25) is 0 Å². The summed E-state index contributed by atoms with van der Waals surface area (Å²) in [6.07, 6.45) is -7.38. The highest BCUT2D eigenvalue weighted by molar-refractivity contribution is 5.88. The van der Waals surface area contributed by atoms with Crippen LogP contribution in [-0.2, 0) is 14.2 Å². The van der Waals surface area contributed by atoms with Gasteiger partial charge in [0, 0.05) is 12.3 Å². The van der Waals surface area contributed by atoms with E-state index >= 15 is 0 Å². The van der Waals surface area contributed by atoms with Crippen LogP contribution < -0.4 is 4.74 Å². The van der Waals surface area contributed by atoms with E-state index in [1.807, 2.05) is 0 Å². The number of aliphatic hydroxyl groups excluding tert-OH is 1. The lowest BCUT2D eigenvalue weighted by molar-refractivity contribution is -0.175. The standard InChI is InChI=1S/C11H12F3NO4.C4H7F3O2/c1-17-10(16)8-2-3-9(15-6-8)19-5-4-18-7-11(12,13)14;5-4(6,7)3-9-2-1-8/h2-3,6H,4-5,7H2,1H3;8H,1-3H2. The van der Waals surface area contributed by atoms with Crippen LogP contribution in [-0.4, -0.2) is 75.2 Å². The quantitative estimate of drug-likeness (QED) is 0.371. The van der Waals surface area contributed by atoms with Crippen LogP contribution >= 0.6 is 0 Å². The van der Waals surface area contributed by atoms with Crippen molar-refractivity contribution >= 4 is 5.97 Å². The second-order valence-electron chi connectivity index (χ2n) is 4.78. The van der Waals surface area contributed by atoms with Gasteiger partial charge in [0.05, 0.1) is 32.5 Å². The summed E-state index contributed by atoms with van der Waals surface area (Å²) in [5, 5.41) is 7.97. The minimum Gasteiger partial charge on any atom is -0.475 e. The van der Waals surface area contributed by atoms with Gasteiger partial charge in [-0.15, -0.1) is 0 Å². The maximum absolute atomic E-state index is 11.7. The number of carbonyl (C=O) groups is 1. The molecule has 0 saturated carbocycles. The molecule has 13 heteroatoms. The SMILES string of the molecule is COC(=O)c1ccc(OCCOCC(F)(F)F)nc1.OCCOCC(F)(F)F. The molecule has 7 nitrogen and oxygen atoms in total. The Bertz CT molecular complexity index is 549. The average Bonchev–Trinajstić information content (AvgIpc) is 2.60. The molecule has 0 aliphatic rings. The lowest BCUT2D eigenvalue weighted by Crippen LogP contribution is -2.19. The number of alkyl halides is 6. The number of rotatable bonds is 9. The zero-order valence-corrected chi connectivity index (χ0v) is 14.7. The highest BCUT2D eigenvalue weighted by atomic mass is 19.4. The van der Waals surface area contributed by atoms with Crippen molar-refractivity contribution < 1.29 is 55.2 Å². The summed E-state index contributed by atoms with van der Waals surface area (Å²) in [4.78, 5) is 14.9. The van der Waals surface area contributed by atoms with Crippen molar-refractivity contribution in [2.75, 3.05) is 46.8 Å². The normalized spacial score (nSPS) is 11.4. The van der Waals surface area contributed by atoms with Crippen molar-refractivity contribution in [3.8, 4) is 5.88 Å². The Morgan fingerprint density at radius 1 is 1.00 bits per heavy atom. The minimum absolute atomic E-state index is 0.0688. The van der Waals surface area contributed by atoms with Gasteiger partial charge < -0.3 is 24.1 Å². The van der Waals surface area contributed by atoms with Crippen molar-refractivity contribution in [3.63, 3.8) is 0 Å². The fourth-order valence-corrected chi connectivity index (χ4v) is 1.35. The molecule has 0 atom stereocenters. The Balaban J connectivity index is 0.000000684. The molecule has 0 fully saturated rings. The number of esters is 1. The summed E-state index contributed by atoms with van der Waals surface area (Å²) < 4.78 is 86.6. The van der Waals surface area contributed by atoms with Crippen LogP contribution in [0.15, 0.2) is 18.3 Å². The molecule has 0 radical (unpaired) electrons. The van der Waals surface area contributed by atoms with Gasteiger partial charge in [-0.25, -0.2) is 9.78 Å². The molecule has 0 spiro atoms. The van der Waals surface area contributed by atoms with E-state index in [0.29, 0.717) is 0 Å². The molecule has 0 saturated heterocycles. The summed E-state index contributed by atoms with van der Waals surface area (Å²) in [7, 11) is 1.24. The number of halogens is 6. The van der Waals surface area contributed by atoms with Crippen molar-refractivity contribution in [3.05, 3.63) is 23.9 Å². The lowest BCUT2D eigenvalue weighted by Gasteiger charge is -2.08. The van der Waals surface area contributed by atoms with E-state index in [0.717, 1.165) is 0 Å². The van der Waals surface area contributed by atoms with E-state index < -0.39 is 31.5 Å². The van der Waals surface area contributed by atoms with Crippen LogP contribution in [0.4, 0.5) is 26.3 Å². The van der Waals surface area contributed by atoms with Gasteiger partial charge in [0.2, 0.25) is 5.88 Å². The first-order chi connectivity index (χ1) is 13.0. The van der Waals surface area contributed by atoms with Gasteiger partial charge in [-0.2, -0.15) is 26.3 Å². The number of aliphatic hydroxyl groups is 1. The number of aromatic nitrogens is 1. The Hall–Kier alpha value is -2.12. The van der Waals surface area contributed by atoms with Crippen molar-refractivity contribution in [1.29, 1.82) is 0 Å². The molecule has 1 aromatic rings. The maximum Gasteiger partial charge on any atom is 0.411 e. The van der Waals surface area contributed by atoms with Gasteiger partial charge in [0.15, 0.2) is 0 Å². The first-order valence-electron chi connectivity index (χ1n) is 7.55. The summed E-state index contributed by atoms with van der Waals surface area (Å²) in [6, 6.07) is 2.85. The number of ether oxygens (including phenoxy) is 4.